The summed E-state index contributed by atoms with van der Waals surface area (Å²) in [5.41, 5.74) is 2.28. The summed E-state index contributed by atoms with van der Waals surface area (Å²) in [6, 6.07) is 11.0. The first-order chi connectivity index (χ1) is 15.3. The van der Waals surface area contributed by atoms with Crippen LogP contribution >= 0.6 is 0 Å². The number of esters is 1. The van der Waals surface area contributed by atoms with Crippen LogP contribution in [0.3, 0.4) is 0 Å². The van der Waals surface area contributed by atoms with Gasteiger partial charge in [-0.25, -0.2) is 0 Å². The molecule has 2 aromatic rings. The molecule has 1 fully saturated rings. The zero-order valence-electron chi connectivity index (χ0n) is 17.3. The summed E-state index contributed by atoms with van der Waals surface area (Å²) in [4.78, 5) is 61.6. The molecule has 9 heteroatoms. The largest absolute Gasteiger partial charge is 0.426 e. The molecule has 164 valence electrons. The summed E-state index contributed by atoms with van der Waals surface area (Å²) in [7, 11) is 0. The zero-order chi connectivity index (χ0) is 22.8. The van der Waals surface area contributed by atoms with Crippen molar-refractivity contribution in [3.63, 3.8) is 0 Å². The molecule has 32 heavy (non-hydrogen) atoms. The van der Waals surface area contributed by atoms with Crippen LogP contribution in [-0.2, 0) is 27.5 Å². The number of ether oxygens (including phenoxy) is 1. The van der Waals surface area contributed by atoms with E-state index in [9.17, 15) is 24.0 Å². The lowest BCUT2D eigenvalue weighted by Crippen LogP contribution is -2.52. The Morgan fingerprint density at radius 3 is 2.69 bits per heavy atom. The van der Waals surface area contributed by atoms with Crippen molar-refractivity contribution >= 4 is 29.6 Å². The fourth-order valence-corrected chi connectivity index (χ4v) is 3.91. The second kappa shape index (κ2) is 8.62. The minimum Gasteiger partial charge on any atom is -0.426 e. The van der Waals surface area contributed by atoms with Crippen molar-refractivity contribution in [1.29, 1.82) is 0 Å². The van der Waals surface area contributed by atoms with Gasteiger partial charge in [-0.15, -0.1) is 0 Å². The summed E-state index contributed by atoms with van der Waals surface area (Å²) < 4.78 is 5.08. The molecule has 9 nitrogen and oxygen atoms in total. The quantitative estimate of drug-likeness (QED) is 0.415. The van der Waals surface area contributed by atoms with Gasteiger partial charge in [0.2, 0.25) is 11.8 Å². The maximum atomic E-state index is 12.8. The average Bonchev–Trinajstić information content (AvgIpc) is 3.07. The topological polar surface area (TPSA) is 122 Å². The Morgan fingerprint density at radius 2 is 1.94 bits per heavy atom. The van der Waals surface area contributed by atoms with E-state index in [-0.39, 0.29) is 42.6 Å². The van der Waals surface area contributed by atoms with Gasteiger partial charge in [-0.2, -0.15) is 0 Å². The zero-order valence-corrected chi connectivity index (χ0v) is 17.3. The minimum atomic E-state index is -0.673. The van der Waals surface area contributed by atoms with E-state index in [4.69, 9.17) is 4.74 Å². The van der Waals surface area contributed by atoms with Crippen LogP contribution in [0.15, 0.2) is 42.5 Å². The van der Waals surface area contributed by atoms with E-state index in [2.05, 4.69) is 10.6 Å². The van der Waals surface area contributed by atoms with Crippen molar-refractivity contribution in [1.82, 2.24) is 15.5 Å². The molecule has 0 saturated carbocycles. The first-order valence-electron chi connectivity index (χ1n) is 10.2. The summed E-state index contributed by atoms with van der Waals surface area (Å²) >= 11 is 0. The standard InChI is InChI=1S/C23H21N3O6/c1-13(27)32-19-5-3-2-4-17(19)21(29)24-11-14-6-7-16-15(10-14)12-26(23(16)31)18-8-9-20(28)25-22(18)30/h2-7,10,18H,8-9,11-12H2,1H3,(H,24,29)(H,25,28,30). The number of piperidine rings is 1. The van der Waals surface area contributed by atoms with E-state index >= 15 is 0 Å². The number of rotatable bonds is 5. The van der Waals surface area contributed by atoms with Crippen molar-refractivity contribution in [2.24, 2.45) is 0 Å². The third-order valence-electron chi connectivity index (χ3n) is 5.43. The number of amides is 4. The van der Waals surface area contributed by atoms with Gasteiger partial charge in [0.1, 0.15) is 11.8 Å². The van der Waals surface area contributed by atoms with E-state index in [0.717, 1.165) is 11.1 Å². The van der Waals surface area contributed by atoms with E-state index in [1.54, 1.807) is 36.4 Å². The SMILES string of the molecule is CC(=O)Oc1ccccc1C(=O)NCc1ccc2c(c1)CN(C1CCC(=O)NC1=O)C2=O. The molecule has 1 unspecified atom stereocenters. The van der Waals surface area contributed by atoms with E-state index in [1.165, 1.54) is 11.8 Å². The van der Waals surface area contributed by atoms with E-state index < -0.39 is 23.8 Å². The molecular weight excluding hydrogens is 414 g/mol. The lowest BCUT2D eigenvalue weighted by atomic mass is 10.0. The molecule has 0 spiro atoms. The molecule has 0 bridgehead atoms. The van der Waals surface area contributed by atoms with Crippen LogP contribution in [0.4, 0.5) is 0 Å². The predicted octanol–water partition coefficient (Wildman–Crippen LogP) is 1.30. The van der Waals surface area contributed by atoms with Gasteiger partial charge in [-0.3, -0.25) is 29.3 Å². The fourth-order valence-electron chi connectivity index (χ4n) is 3.91. The lowest BCUT2D eigenvalue weighted by Gasteiger charge is -2.29. The normalized spacial score (nSPS) is 17.6. The molecule has 2 aliphatic rings. The number of nitrogens with one attached hydrogen (secondary N) is 2. The van der Waals surface area contributed by atoms with Gasteiger partial charge in [0, 0.05) is 32.0 Å². The first kappa shape index (κ1) is 21.2. The van der Waals surface area contributed by atoms with Crippen molar-refractivity contribution in [2.75, 3.05) is 0 Å². The molecule has 0 aliphatic carbocycles. The molecule has 0 radical (unpaired) electrons. The van der Waals surface area contributed by atoms with Gasteiger partial charge in [-0.1, -0.05) is 24.3 Å². The summed E-state index contributed by atoms with van der Waals surface area (Å²) in [6.45, 7) is 1.73. The molecule has 2 aromatic carbocycles. The van der Waals surface area contributed by atoms with Crippen LogP contribution in [-0.4, -0.2) is 40.5 Å². The first-order valence-corrected chi connectivity index (χ1v) is 10.2. The third-order valence-corrected chi connectivity index (χ3v) is 5.43. The lowest BCUT2D eigenvalue weighted by molar-refractivity contribution is -0.137. The number of hydrogen-bond acceptors (Lipinski definition) is 6. The van der Waals surface area contributed by atoms with Crippen molar-refractivity contribution in [3.05, 3.63) is 64.7 Å². The van der Waals surface area contributed by atoms with Crippen LogP contribution in [0.1, 0.15) is 51.6 Å². The second-order valence-electron chi connectivity index (χ2n) is 7.66. The van der Waals surface area contributed by atoms with Gasteiger partial charge < -0.3 is 15.0 Å². The van der Waals surface area contributed by atoms with Gasteiger partial charge >= 0.3 is 5.97 Å². The van der Waals surface area contributed by atoms with E-state index in [0.29, 0.717) is 12.0 Å². The predicted molar refractivity (Wildman–Crippen MR) is 111 cm³/mol. The summed E-state index contributed by atoms with van der Waals surface area (Å²) in [6.07, 6.45) is 0.498. The number of carbonyl (C=O) groups is 5. The Balaban J connectivity index is 1.44. The van der Waals surface area contributed by atoms with Crippen molar-refractivity contribution in [2.45, 2.75) is 38.9 Å². The summed E-state index contributed by atoms with van der Waals surface area (Å²) in [5.74, 6) is -1.78. The highest BCUT2D eigenvalue weighted by Crippen LogP contribution is 2.28. The second-order valence-corrected chi connectivity index (χ2v) is 7.66. The highest BCUT2D eigenvalue weighted by molar-refractivity contribution is 6.05. The number of para-hydroxylation sites is 1. The number of fused-ring (bicyclic) bond motifs is 1. The average molecular weight is 435 g/mol. The highest BCUT2D eigenvalue weighted by Gasteiger charge is 2.39. The Bertz CT molecular complexity index is 1140. The number of hydrogen-bond donors (Lipinski definition) is 2. The molecule has 0 aromatic heterocycles. The van der Waals surface area contributed by atoms with E-state index in [1.807, 2.05) is 6.07 Å². The number of nitrogens with zero attached hydrogens (tertiary/aromatic N) is 1. The van der Waals surface area contributed by atoms with Gasteiger partial charge in [0.25, 0.3) is 11.8 Å². The van der Waals surface area contributed by atoms with Crippen molar-refractivity contribution in [3.8, 4) is 5.75 Å². The minimum absolute atomic E-state index is 0.178. The number of imide groups is 1. The van der Waals surface area contributed by atoms with Gasteiger partial charge in [-0.05, 0) is 35.7 Å². The van der Waals surface area contributed by atoms with Gasteiger partial charge in [0.05, 0.1) is 5.56 Å². The fraction of sp³-hybridized carbons (Fsp3) is 0.261. The maximum absolute atomic E-state index is 12.8. The molecule has 1 saturated heterocycles. The molecule has 2 N–H and O–H groups in total. The van der Waals surface area contributed by atoms with Crippen LogP contribution in [0.5, 0.6) is 5.75 Å². The van der Waals surface area contributed by atoms with Crippen LogP contribution in [0.25, 0.3) is 0 Å². The Hall–Kier alpha value is -4.01. The monoisotopic (exact) mass is 435 g/mol. The molecular formula is C23H21N3O6. The Labute approximate surface area is 183 Å². The maximum Gasteiger partial charge on any atom is 0.308 e. The van der Waals surface area contributed by atoms with Crippen LogP contribution < -0.4 is 15.4 Å². The highest BCUT2D eigenvalue weighted by atomic mass is 16.5. The molecule has 1 atom stereocenters. The van der Waals surface area contributed by atoms with Gasteiger partial charge in [0.15, 0.2) is 0 Å². The number of carbonyl (C=O) groups excluding carboxylic acids is 5. The molecule has 4 rings (SSSR count). The van der Waals surface area contributed by atoms with Crippen molar-refractivity contribution < 1.29 is 28.7 Å². The summed E-state index contributed by atoms with van der Waals surface area (Å²) in [5, 5.41) is 5.07. The molecule has 2 heterocycles. The van der Waals surface area contributed by atoms with Crippen LogP contribution in [0, 0.1) is 0 Å². The molecule has 2 aliphatic heterocycles. The number of benzene rings is 2. The third kappa shape index (κ3) is 4.22. The Morgan fingerprint density at radius 1 is 1.16 bits per heavy atom. The molecule has 4 amide bonds. The smallest absolute Gasteiger partial charge is 0.308 e. The van der Waals surface area contributed by atoms with Crippen LogP contribution in [0.2, 0.25) is 0 Å². The Kier molecular flexibility index (Phi) is 5.72.